The monoisotopic (exact) mass is 288 g/mol. The molecule has 0 bridgehead atoms. The topological polar surface area (TPSA) is 104 Å². The van der Waals surface area contributed by atoms with Crippen LogP contribution in [0.25, 0.3) is 0 Å². The van der Waals surface area contributed by atoms with E-state index < -0.39 is 12.0 Å². The molecule has 7 nitrogen and oxygen atoms in total. The van der Waals surface area contributed by atoms with Crippen LogP contribution in [0.2, 0.25) is 0 Å². The molecule has 0 aromatic carbocycles. The number of carboxylic acids is 1. The Labute approximate surface area is 114 Å². The van der Waals surface area contributed by atoms with Crippen LogP contribution in [0, 0.1) is 0 Å². The molecule has 3 amide bonds. The first-order chi connectivity index (χ1) is 9.06. The van der Waals surface area contributed by atoms with Gasteiger partial charge in [0.15, 0.2) is 0 Å². The number of amides is 3. The van der Waals surface area contributed by atoms with E-state index in [9.17, 15) is 19.2 Å². The molecule has 0 aromatic heterocycles. The van der Waals surface area contributed by atoms with Gasteiger partial charge in [0.25, 0.3) is 0 Å². The number of thioether (sulfide) groups is 1. The van der Waals surface area contributed by atoms with E-state index in [1.54, 1.807) is 0 Å². The maximum atomic E-state index is 11.3. The Hall–Kier alpha value is -1.57. The summed E-state index contributed by atoms with van der Waals surface area (Å²) in [5.74, 6) is -0.246. The molecular formula is C11H16N2O5S. The SMILES string of the molecule is O=CNC(CCSCCN1C(=O)CCC1=O)C(=O)O. The highest BCUT2D eigenvalue weighted by Crippen LogP contribution is 2.13. The Morgan fingerprint density at radius 2 is 2.00 bits per heavy atom. The molecule has 2 N–H and O–H groups in total. The standard InChI is InChI=1S/C11H16N2O5S/c14-7-12-8(11(17)18)3-5-19-6-4-13-9(15)1-2-10(13)16/h7-8H,1-6H2,(H,12,14)(H,17,18). The van der Waals surface area contributed by atoms with E-state index in [4.69, 9.17) is 5.11 Å². The minimum atomic E-state index is -1.07. The second kappa shape index (κ2) is 7.78. The second-order valence-corrected chi connectivity index (χ2v) is 5.24. The molecule has 0 spiro atoms. The highest BCUT2D eigenvalue weighted by Gasteiger charge is 2.28. The van der Waals surface area contributed by atoms with Crippen molar-refractivity contribution in [3.05, 3.63) is 0 Å². The molecule has 1 unspecified atom stereocenters. The summed E-state index contributed by atoms with van der Waals surface area (Å²) in [6.07, 6.45) is 1.24. The van der Waals surface area contributed by atoms with E-state index in [0.29, 0.717) is 30.9 Å². The highest BCUT2D eigenvalue weighted by molar-refractivity contribution is 7.99. The quantitative estimate of drug-likeness (QED) is 0.335. The number of hydrogen-bond donors (Lipinski definition) is 2. The number of carboxylic acid groups (broad SMARTS) is 1. The number of nitrogens with zero attached hydrogens (tertiary/aromatic N) is 1. The Morgan fingerprint density at radius 1 is 1.37 bits per heavy atom. The number of imide groups is 1. The van der Waals surface area contributed by atoms with Crippen LogP contribution in [0.4, 0.5) is 0 Å². The van der Waals surface area contributed by atoms with Crippen LogP contribution >= 0.6 is 11.8 Å². The highest BCUT2D eigenvalue weighted by atomic mass is 32.2. The van der Waals surface area contributed by atoms with Crippen molar-refractivity contribution in [2.45, 2.75) is 25.3 Å². The van der Waals surface area contributed by atoms with Gasteiger partial charge < -0.3 is 10.4 Å². The molecule has 106 valence electrons. The number of nitrogens with one attached hydrogen (secondary N) is 1. The van der Waals surface area contributed by atoms with Gasteiger partial charge in [-0.2, -0.15) is 11.8 Å². The van der Waals surface area contributed by atoms with Gasteiger partial charge in [-0.15, -0.1) is 0 Å². The molecule has 1 saturated heterocycles. The van der Waals surface area contributed by atoms with Crippen LogP contribution in [0.5, 0.6) is 0 Å². The molecule has 1 atom stereocenters. The zero-order chi connectivity index (χ0) is 14.3. The number of rotatable bonds is 9. The Morgan fingerprint density at radius 3 is 2.53 bits per heavy atom. The van der Waals surface area contributed by atoms with Gasteiger partial charge in [-0.3, -0.25) is 19.3 Å². The van der Waals surface area contributed by atoms with Crippen molar-refractivity contribution in [2.75, 3.05) is 18.1 Å². The minimum Gasteiger partial charge on any atom is -0.480 e. The van der Waals surface area contributed by atoms with Crippen LogP contribution in [-0.2, 0) is 19.2 Å². The largest absolute Gasteiger partial charge is 0.480 e. The van der Waals surface area contributed by atoms with Crippen molar-refractivity contribution < 1.29 is 24.3 Å². The van der Waals surface area contributed by atoms with Crippen molar-refractivity contribution in [2.24, 2.45) is 0 Å². The summed E-state index contributed by atoms with van der Waals surface area (Å²) in [6.45, 7) is 0.362. The molecule has 1 heterocycles. The van der Waals surface area contributed by atoms with Crippen LogP contribution in [0.3, 0.4) is 0 Å². The van der Waals surface area contributed by atoms with Gasteiger partial charge in [0.05, 0.1) is 0 Å². The summed E-state index contributed by atoms with van der Waals surface area (Å²) in [6, 6.07) is -0.889. The Balaban J connectivity index is 2.17. The molecule has 19 heavy (non-hydrogen) atoms. The van der Waals surface area contributed by atoms with E-state index in [1.165, 1.54) is 16.7 Å². The lowest BCUT2D eigenvalue weighted by molar-refractivity contribution is -0.140. The summed E-state index contributed by atoms with van der Waals surface area (Å²) < 4.78 is 0. The predicted molar refractivity (Wildman–Crippen MR) is 68.5 cm³/mol. The number of hydrogen-bond acceptors (Lipinski definition) is 5. The van der Waals surface area contributed by atoms with Crippen LogP contribution in [0.1, 0.15) is 19.3 Å². The normalized spacial score (nSPS) is 16.5. The lowest BCUT2D eigenvalue weighted by Gasteiger charge is -2.14. The fourth-order valence-electron chi connectivity index (χ4n) is 1.69. The van der Waals surface area contributed by atoms with Crippen molar-refractivity contribution in [3.8, 4) is 0 Å². The summed E-state index contributed by atoms with van der Waals surface area (Å²) >= 11 is 1.45. The van der Waals surface area contributed by atoms with Gasteiger partial charge in [0.2, 0.25) is 18.2 Å². The van der Waals surface area contributed by atoms with Gasteiger partial charge in [0.1, 0.15) is 6.04 Å². The Kier molecular flexibility index (Phi) is 6.34. The van der Waals surface area contributed by atoms with Gasteiger partial charge >= 0.3 is 5.97 Å². The van der Waals surface area contributed by atoms with E-state index >= 15 is 0 Å². The summed E-state index contributed by atoms with van der Waals surface area (Å²) in [5, 5.41) is 11.0. The molecule has 8 heteroatoms. The first kappa shape index (κ1) is 15.5. The summed E-state index contributed by atoms with van der Waals surface area (Å²) in [4.78, 5) is 44.8. The van der Waals surface area contributed by atoms with E-state index in [0.717, 1.165) is 0 Å². The summed E-state index contributed by atoms with van der Waals surface area (Å²) in [5.41, 5.74) is 0. The van der Waals surface area contributed by atoms with Gasteiger partial charge in [-0.25, -0.2) is 4.79 Å². The number of carbonyl (C=O) groups is 4. The first-order valence-corrected chi connectivity index (χ1v) is 7.05. The van der Waals surface area contributed by atoms with E-state index in [2.05, 4.69) is 5.32 Å². The van der Waals surface area contributed by atoms with Crippen molar-refractivity contribution in [1.29, 1.82) is 0 Å². The van der Waals surface area contributed by atoms with Gasteiger partial charge in [0, 0.05) is 25.1 Å². The zero-order valence-corrected chi connectivity index (χ0v) is 11.1. The lowest BCUT2D eigenvalue weighted by Crippen LogP contribution is -2.36. The number of aliphatic carboxylic acids is 1. The second-order valence-electron chi connectivity index (χ2n) is 4.02. The molecule has 1 rings (SSSR count). The van der Waals surface area contributed by atoms with E-state index in [1.807, 2.05) is 0 Å². The lowest BCUT2D eigenvalue weighted by atomic mass is 10.2. The van der Waals surface area contributed by atoms with Crippen molar-refractivity contribution >= 4 is 36.0 Å². The molecular weight excluding hydrogens is 272 g/mol. The van der Waals surface area contributed by atoms with Gasteiger partial charge in [-0.05, 0) is 12.2 Å². The maximum absolute atomic E-state index is 11.3. The minimum absolute atomic E-state index is 0.142. The molecule has 1 aliphatic rings. The van der Waals surface area contributed by atoms with Crippen molar-refractivity contribution in [1.82, 2.24) is 10.2 Å². The summed E-state index contributed by atoms with van der Waals surface area (Å²) in [7, 11) is 0. The van der Waals surface area contributed by atoms with Crippen molar-refractivity contribution in [3.63, 3.8) is 0 Å². The van der Waals surface area contributed by atoms with Crippen LogP contribution in [0.15, 0.2) is 0 Å². The van der Waals surface area contributed by atoms with Crippen LogP contribution in [-0.4, -0.2) is 58.3 Å². The van der Waals surface area contributed by atoms with Crippen LogP contribution < -0.4 is 5.32 Å². The third kappa shape index (κ3) is 4.90. The third-order valence-corrected chi connectivity index (χ3v) is 3.73. The first-order valence-electron chi connectivity index (χ1n) is 5.89. The number of carbonyl (C=O) groups excluding carboxylic acids is 3. The molecule has 0 aromatic rings. The number of likely N-dealkylation sites (tertiary alicyclic amines) is 1. The maximum Gasteiger partial charge on any atom is 0.326 e. The zero-order valence-electron chi connectivity index (χ0n) is 10.3. The predicted octanol–water partition coefficient (Wildman–Crippen LogP) is -0.542. The molecule has 1 aliphatic heterocycles. The van der Waals surface area contributed by atoms with Gasteiger partial charge in [-0.1, -0.05) is 0 Å². The average molecular weight is 288 g/mol. The fraction of sp³-hybridized carbons (Fsp3) is 0.636. The average Bonchev–Trinajstić information content (AvgIpc) is 2.68. The molecule has 0 radical (unpaired) electrons. The fourth-order valence-corrected chi connectivity index (χ4v) is 2.61. The molecule has 0 aliphatic carbocycles. The molecule has 0 saturated carbocycles. The Bertz CT molecular complexity index is 358. The van der Waals surface area contributed by atoms with E-state index in [-0.39, 0.29) is 24.7 Å². The third-order valence-electron chi connectivity index (χ3n) is 2.73. The molecule has 1 fully saturated rings. The smallest absolute Gasteiger partial charge is 0.326 e.